The van der Waals surface area contributed by atoms with Crippen LogP contribution in [0, 0.1) is 0 Å². The summed E-state index contributed by atoms with van der Waals surface area (Å²) in [6.07, 6.45) is 8.05. The molecule has 0 aliphatic rings. The Morgan fingerprint density at radius 2 is 2.11 bits per heavy atom. The number of hydrogen-bond acceptors (Lipinski definition) is 4. The molecule has 0 saturated heterocycles. The summed E-state index contributed by atoms with van der Waals surface area (Å²) in [4.78, 5) is 10.7. The van der Waals surface area contributed by atoms with Crippen molar-refractivity contribution in [3.63, 3.8) is 0 Å². The van der Waals surface area contributed by atoms with Crippen molar-refractivity contribution in [3.8, 4) is 5.88 Å². The lowest BCUT2D eigenvalue weighted by Gasteiger charge is -2.18. The number of rotatable bonds is 9. The minimum atomic E-state index is 0.613. The van der Waals surface area contributed by atoms with Gasteiger partial charge in [-0.15, -0.1) is 0 Å². The van der Waals surface area contributed by atoms with Gasteiger partial charge in [-0.3, -0.25) is 4.98 Å². The van der Waals surface area contributed by atoms with Gasteiger partial charge >= 0.3 is 0 Å². The van der Waals surface area contributed by atoms with Crippen LogP contribution in [0.3, 0.4) is 0 Å². The first-order chi connectivity index (χ1) is 8.77. The zero-order chi connectivity index (χ0) is 13.2. The van der Waals surface area contributed by atoms with E-state index in [1.165, 1.54) is 19.3 Å². The summed E-state index contributed by atoms with van der Waals surface area (Å²) < 4.78 is 5.48. The highest BCUT2D eigenvalue weighted by atomic mass is 79.9. The van der Waals surface area contributed by atoms with Crippen molar-refractivity contribution < 1.29 is 4.74 Å². The zero-order valence-electron chi connectivity index (χ0n) is 11.2. The van der Waals surface area contributed by atoms with Crippen LogP contribution in [-0.4, -0.2) is 35.5 Å². The van der Waals surface area contributed by atoms with Gasteiger partial charge in [0.25, 0.3) is 0 Å². The van der Waals surface area contributed by atoms with Crippen molar-refractivity contribution in [2.24, 2.45) is 0 Å². The maximum Gasteiger partial charge on any atom is 0.234 e. The van der Waals surface area contributed by atoms with E-state index in [-0.39, 0.29) is 0 Å². The minimum absolute atomic E-state index is 0.613. The number of hydrogen-bond donors (Lipinski definition) is 0. The first kappa shape index (κ1) is 15.2. The van der Waals surface area contributed by atoms with Gasteiger partial charge in [-0.2, -0.15) is 4.98 Å². The van der Waals surface area contributed by atoms with Gasteiger partial charge in [0.1, 0.15) is 0 Å². The third-order valence-corrected chi connectivity index (χ3v) is 3.13. The Balaban J connectivity index is 2.43. The van der Waals surface area contributed by atoms with E-state index < -0.39 is 0 Å². The molecule has 0 aliphatic carbocycles. The third kappa shape index (κ3) is 5.67. The molecule has 1 rings (SSSR count). The molecule has 0 aliphatic heterocycles. The second kappa shape index (κ2) is 9.14. The Bertz CT molecular complexity index is 336. The summed E-state index contributed by atoms with van der Waals surface area (Å²) in [5, 5.41) is 1.08. The van der Waals surface area contributed by atoms with Crippen molar-refractivity contribution in [1.82, 2.24) is 9.97 Å². The molecule has 1 heterocycles. The summed E-state index contributed by atoms with van der Waals surface area (Å²) >= 11 is 3.44. The number of unbranched alkanes of at least 4 members (excludes halogenated alkanes) is 2. The second-order valence-corrected chi connectivity index (χ2v) is 5.03. The minimum Gasteiger partial charge on any atom is -0.477 e. The van der Waals surface area contributed by atoms with Crippen LogP contribution < -0.4 is 9.64 Å². The molecule has 0 aromatic carbocycles. The summed E-state index contributed by atoms with van der Waals surface area (Å²) in [7, 11) is 2.04. The smallest absolute Gasteiger partial charge is 0.234 e. The first-order valence-electron chi connectivity index (χ1n) is 6.50. The molecule has 0 N–H and O–H groups in total. The fourth-order valence-electron chi connectivity index (χ4n) is 1.53. The molecule has 102 valence electrons. The molecule has 0 fully saturated rings. The maximum atomic E-state index is 5.48. The first-order valence-corrected chi connectivity index (χ1v) is 7.62. The molecule has 0 spiro atoms. The number of nitrogens with zero attached hydrogens (tertiary/aromatic N) is 3. The number of halogens is 1. The van der Waals surface area contributed by atoms with Gasteiger partial charge in [0, 0.05) is 18.9 Å². The Morgan fingerprint density at radius 1 is 1.28 bits per heavy atom. The van der Waals surface area contributed by atoms with Crippen LogP contribution in [0.15, 0.2) is 12.4 Å². The summed E-state index contributed by atoms with van der Waals surface area (Å²) in [6, 6.07) is 0. The van der Waals surface area contributed by atoms with Gasteiger partial charge in [0.15, 0.2) is 5.82 Å². The highest BCUT2D eigenvalue weighted by Crippen LogP contribution is 2.13. The van der Waals surface area contributed by atoms with Gasteiger partial charge in [-0.25, -0.2) is 0 Å². The van der Waals surface area contributed by atoms with Crippen molar-refractivity contribution in [2.75, 3.05) is 30.4 Å². The lowest BCUT2D eigenvalue weighted by atomic mass is 10.2. The number of anilines is 1. The van der Waals surface area contributed by atoms with Gasteiger partial charge in [0.05, 0.1) is 19.0 Å². The summed E-state index contributed by atoms with van der Waals surface area (Å²) in [5.41, 5.74) is 0. The molecule has 0 radical (unpaired) electrons. The van der Waals surface area contributed by atoms with Gasteiger partial charge in [0.2, 0.25) is 5.88 Å². The molecule has 1 aromatic heterocycles. The topological polar surface area (TPSA) is 38.2 Å². The van der Waals surface area contributed by atoms with E-state index >= 15 is 0 Å². The van der Waals surface area contributed by atoms with Crippen LogP contribution >= 0.6 is 15.9 Å². The molecule has 0 saturated carbocycles. The molecule has 4 nitrogen and oxygen atoms in total. The van der Waals surface area contributed by atoms with Gasteiger partial charge in [-0.05, 0) is 19.3 Å². The fraction of sp³-hybridized carbons (Fsp3) is 0.692. The van der Waals surface area contributed by atoms with E-state index in [1.807, 2.05) is 7.05 Å². The molecule has 5 heteroatoms. The second-order valence-electron chi connectivity index (χ2n) is 4.24. The lowest BCUT2D eigenvalue weighted by molar-refractivity contribution is 0.304. The van der Waals surface area contributed by atoms with E-state index in [1.54, 1.807) is 12.4 Å². The van der Waals surface area contributed by atoms with Crippen LogP contribution in [0.1, 0.15) is 32.6 Å². The quantitative estimate of drug-likeness (QED) is 0.518. The standard InChI is InChI=1S/C13H22BrN3O/c1-3-9-18-13-11-15-10-12(16-13)17(2)8-6-4-5-7-14/h10-11H,3-9H2,1-2H3. The molecule has 18 heavy (non-hydrogen) atoms. The van der Waals surface area contributed by atoms with E-state index in [0.29, 0.717) is 12.5 Å². The average molecular weight is 316 g/mol. The zero-order valence-corrected chi connectivity index (χ0v) is 12.8. The predicted octanol–water partition coefficient (Wildman–Crippen LogP) is 3.27. The van der Waals surface area contributed by atoms with Gasteiger partial charge in [-0.1, -0.05) is 29.3 Å². The Morgan fingerprint density at radius 3 is 2.83 bits per heavy atom. The van der Waals surface area contributed by atoms with E-state index in [2.05, 4.69) is 37.7 Å². The highest BCUT2D eigenvalue weighted by Gasteiger charge is 2.04. The van der Waals surface area contributed by atoms with E-state index in [0.717, 1.165) is 24.1 Å². The van der Waals surface area contributed by atoms with Crippen LogP contribution in [0.2, 0.25) is 0 Å². The van der Waals surface area contributed by atoms with Crippen LogP contribution in [0.5, 0.6) is 5.88 Å². The normalized spacial score (nSPS) is 10.4. The molecule has 0 unspecified atom stereocenters. The molecule has 1 aromatic rings. The number of alkyl halides is 1. The van der Waals surface area contributed by atoms with Crippen LogP contribution in [-0.2, 0) is 0 Å². The van der Waals surface area contributed by atoms with Crippen LogP contribution in [0.25, 0.3) is 0 Å². The average Bonchev–Trinajstić information content (AvgIpc) is 2.41. The third-order valence-electron chi connectivity index (χ3n) is 2.57. The number of ether oxygens (including phenoxy) is 1. The Labute approximate surface area is 118 Å². The summed E-state index contributed by atoms with van der Waals surface area (Å²) in [5.74, 6) is 1.49. The highest BCUT2D eigenvalue weighted by molar-refractivity contribution is 9.09. The predicted molar refractivity (Wildman–Crippen MR) is 78.7 cm³/mol. The SMILES string of the molecule is CCCOc1cncc(N(C)CCCCCBr)n1. The van der Waals surface area contributed by atoms with Crippen molar-refractivity contribution >= 4 is 21.7 Å². The van der Waals surface area contributed by atoms with Crippen molar-refractivity contribution in [1.29, 1.82) is 0 Å². The largest absolute Gasteiger partial charge is 0.477 e. The molecular weight excluding hydrogens is 294 g/mol. The fourth-order valence-corrected chi connectivity index (χ4v) is 1.93. The number of aromatic nitrogens is 2. The molecule has 0 atom stereocenters. The molecular formula is C13H22BrN3O. The summed E-state index contributed by atoms with van der Waals surface area (Å²) in [6.45, 7) is 3.76. The van der Waals surface area contributed by atoms with E-state index in [4.69, 9.17) is 4.74 Å². The van der Waals surface area contributed by atoms with Crippen molar-refractivity contribution in [2.45, 2.75) is 32.6 Å². The monoisotopic (exact) mass is 315 g/mol. The lowest BCUT2D eigenvalue weighted by Crippen LogP contribution is -2.20. The van der Waals surface area contributed by atoms with Crippen molar-refractivity contribution in [3.05, 3.63) is 12.4 Å². The Kier molecular flexibility index (Phi) is 7.73. The Hall–Kier alpha value is -0.840. The van der Waals surface area contributed by atoms with Gasteiger partial charge < -0.3 is 9.64 Å². The molecule has 0 bridgehead atoms. The van der Waals surface area contributed by atoms with Crippen LogP contribution in [0.4, 0.5) is 5.82 Å². The van der Waals surface area contributed by atoms with E-state index in [9.17, 15) is 0 Å². The molecule has 0 amide bonds. The maximum absolute atomic E-state index is 5.48.